The van der Waals surface area contributed by atoms with Crippen LogP contribution in [0, 0.1) is 5.92 Å². The Morgan fingerprint density at radius 2 is 1.83 bits per heavy atom. The third-order valence-electron chi connectivity index (χ3n) is 4.90. The average molecular weight is 376 g/mol. The lowest BCUT2D eigenvalue weighted by Gasteiger charge is -2.31. The number of amides is 1. The van der Waals surface area contributed by atoms with E-state index in [-0.39, 0.29) is 35.3 Å². The first-order valence-corrected chi connectivity index (χ1v) is 10.3. The second-order valence-electron chi connectivity index (χ2n) is 6.45. The molecule has 0 bridgehead atoms. The van der Waals surface area contributed by atoms with E-state index in [1.54, 1.807) is 18.0 Å². The number of hydrogen-bond acceptors (Lipinski definition) is 3. The van der Waals surface area contributed by atoms with Crippen LogP contribution >= 0.6 is 23.2 Å². The van der Waals surface area contributed by atoms with E-state index in [1.165, 1.54) is 0 Å². The molecule has 3 rings (SSSR count). The van der Waals surface area contributed by atoms with Gasteiger partial charge in [0.1, 0.15) is 9.84 Å². The zero-order valence-electron chi connectivity index (χ0n) is 12.8. The zero-order valence-corrected chi connectivity index (χ0v) is 15.2. The van der Waals surface area contributed by atoms with Crippen molar-refractivity contribution in [2.45, 2.75) is 31.2 Å². The largest absolute Gasteiger partial charge is 0.342 e. The van der Waals surface area contributed by atoms with Gasteiger partial charge in [-0.05, 0) is 42.9 Å². The van der Waals surface area contributed by atoms with Crippen LogP contribution in [0.15, 0.2) is 18.2 Å². The smallest absolute Gasteiger partial charge is 0.226 e. The lowest BCUT2D eigenvalue weighted by Crippen LogP contribution is -2.43. The van der Waals surface area contributed by atoms with E-state index >= 15 is 0 Å². The van der Waals surface area contributed by atoms with E-state index in [9.17, 15) is 13.2 Å². The SMILES string of the molecule is CN(C(=O)[C@H]1C[C@H]1c1ccc(Cl)c(Cl)c1)C1CCS(=O)(=O)CC1. The van der Waals surface area contributed by atoms with E-state index < -0.39 is 9.84 Å². The van der Waals surface area contributed by atoms with Crippen molar-refractivity contribution in [1.29, 1.82) is 0 Å². The molecule has 2 fully saturated rings. The van der Waals surface area contributed by atoms with Gasteiger partial charge < -0.3 is 4.90 Å². The lowest BCUT2D eigenvalue weighted by atomic mass is 10.1. The van der Waals surface area contributed by atoms with Crippen LogP contribution in [-0.2, 0) is 14.6 Å². The number of nitrogens with zero attached hydrogens (tertiary/aromatic N) is 1. The molecule has 1 aliphatic heterocycles. The maximum absolute atomic E-state index is 12.6. The van der Waals surface area contributed by atoms with Crippen molar-refractivity contribution in [1.82, 2.24) is 4.90 Å². The first-order chi connectivity index (χ1) is 10.8. The first kappa shape index (κ1) is 17.1. The first-order valence-electron chi connectivity index (χ1n) is 7.70. The number of sulfone groups is 1. The van der Waals surface area contributed by atoms with Crippen molar-refractivity contribution in [3.05, 3.63) is 33.8 Å². The average Bonchev–Trinajstić information content (AvgIpc) is 3.29. The molecular formula is C16H19Cl2NO3S. The Hall–Kier alpha value is -0.780. The summed E-state index contributed by atoms with van der Waals surface area (Å²) in [5.41, 5.74) is 1.04. The standard InChI is InChI=1S/C16H19Cl2NO3S/c1-19(11-4-6-23(21,22)7-5-11)16(20)13-9-12(13)10-2-3-14(17)15(18)8-10/h2-3,8,11-13H,4-7,9H2,1H3/t12-,13-/m0/s1. The molecule has 23 heavy (non-hydrogen) atoms. The van der Waals surface area contributed by atoms with Gasteiger partial charge in [-0.3, -0.25) is 4.79 Å². The van der Waals surface area contributed by atoms with E-state index in [1.807, 2.05) is 12.1 Å². The van der Waals surface area contributed by atoms with Gasteiger partial charge >= 0.3 is 0 Å². The van der Waals surface area contributed by atoms with E-state index in [0.29, 0.717) is 22.9 Å². The molecule has 7 heteroatoms. The third kappa shape index (κ3) is 3.67. The minimum Gasteiger partial charge on any atom is -0.342 e. The number of rotatable bonds is 3. The van der Waals surface area contributed by atoms with Crippen molar-refractivity contribution < 1.29 is 13.2 Å². The van der Waals surface area contributed by atoms with Crippen molar-refractivity contribution in [2.75, 3.05) is 18.6 Å². The van der Waals surface area contributed by atoms with Gasteiger partial charge in [0, 0.05) is 19.0 Å². The molecular weight excluding hydrogens is 357 g/mol. The molecule has 1 amide bonds. The molecule has 4 nitrogen and oxygen atoms in total. The van der Waals surface area contributed by atoms with Crippen molar-refractivity contribution in [3.8, 4) is 0 Å². The third-order valence-corrected chi connectivity index (χ3v) is 7.35. The van der Waals surface area contributed by atoms with Crippen molar-refractivity contribution >= 4 is 38.9 Å². The Bertz CT molecular complexity index is 721. The molecule has 0 spiro atoms. The van der Waals surface area contributed by atoms with Crippen LogP contribution in [0.25, 0.3) is 0 Å². The van der Waals surface area contributed by atoms with E-state index in [2.05, 4.69) is 0 Å². The summed E-state index contributed by atoms with van der Waals surface area (Å²) in [4.78, 5) is 14.4. The Morgan fingerprint density at radius 1 is 1.17 bits per heavy atom. The van der Waals surface area contributed by atoms with Gasteiger partial charge in [-0.2, -0.15) is 0 Å². The summed E-state index contributed by atoms with van der Waals surface area (Å²) in [5.74, 6) is 0.611. The minimum absolute atomic E-state index is 0.0288. The molecule has 0 radical (unpaired) electrons. The highest BCUT2D eigenvalue weighted by Crippen LogP contribution is 2.49. The summed E-state index contributed by atoms with van der Waals surface area (Å²) >= 11 is 12.0. The van der Waals surface area contributed by atoms with Crippen LogP contribution < -0.4 is 0 Å². The summed E-state index contributed by atoms with van der Waals surface area (Å²) in [7, 11) is -1.12. The molecule has 1 saturated heterocycles. The molecule has 1 aliphatic carbocycles. The molecule has 1 aromatic carbocycles. The van der Waals surface area contributed by atoms with E-state index in [4.69, 9.17) is 23.2 Å². The maximum atomic E-state index is 12.6. The van der Waals surface area contributed by atoms with Crippen LogP contribution in [0.3, 0.4) is 0 Å². The summed E-state index contributed by atoms with van der Waals surface area (Å²) < 4.78 is 23.0. The van der Waals surface area contributed by atoms with Crippen LogP contribution in [0.2, 0.25) is 10.0 Å². The quantitative estimate of drug-likeness (QED) is 0.815. The van der Waals surface area contributed by atoms with Gasteiger partial charge in [-0.15, -0.1) is 0 Å². The predicted octanol–water partition coefficient (Wildman–Crippen LogP) is 3.13. The highest BCUT2D eigenvalue weighted by molar-refractivity contribution is 7.91. The fourth-order valence-corrected chi connectivity index (χ4v) is 5.06. The molecule has 0 unspecified atom stereocenters. The van der Waals surface area contributed by atoms with Gasteiger partial charge in [0.2, 0.25) is 5.91 Å². The van der Waals surface area contributed by atoms with Gasteiger partial charge in [0.05, 0.1) is 21.6 Å². The monoisotopic (exact) mass is 375 g/mol. The second-order valence-corrected chi connectivity index (χ2v) is 9.57. The van der Waals surface area contributed by atoms with E-state index in [0.717, 1.165) is 12.0 Å². The molecule has 2 atom stereocenters. The number of halogens is 2. The summed E-state index contributed by atoms with van der Waals surface area (Å²) in [6, 6.07) is 5.53. The minimum atomic E-state index is -2.91. The molecule has 0 aromatic heterocycles. The fraction of sp³-hybridized carbons (Fsp3) is 0.562. The molecule has 1 heterocycles. The number of carbonyl (C=O) groups excluding carboxylic acids is 1. The molecule has 2 aliphatic rings. The van der Waals surface area contributed by atoms with Crippen LogP contribution in [0.1, 0.15) is 30.7 Å². The predicted molar refractivity (Wildman–Crippen MR) is 91.8 cm³/mol. The van der Waals surface area contributed by atoms with Gasteiger partial charge in [-0.1, -0.05) is 29.3 Å². The summed E-state index contributed by atoms with van der Waals surface area (Å²) in [6.45, 7) is 0. The normalized spacial score (nSPS) is 26.7. The summed E-state index contributed by atoms with van der Waals surface area (Å²) in [5, 5.41) is 1.02. The second kappa shape index (κ2) is 6.26. The van der Waals surface area contributed by atoms with Crippen molar-refractivity contribution in [2.24, 2.45) is 5.92 Å². The highest BCUT2D eigenvalue weighted by atomic mass is 35.5. The van der Waals surface area contributed by atoms with Gasteiger partial charge in [0.15, 0.2) is 0 Å². The fourth-order valence-electron chi connectivity index (χ4n) is 3.29. The molecule has 126 valence electrons. The Kier molecular flexibility index (Phi) is 4.64. The van der Waals surface area contributed by atoms with Crippen molar-refractivity contribution in [3.63, 3.8) is 0 Å². The number of hydrogen-bond donors (Lipinski definition) is 0. The molecule has 0 N–H and O–H groups in total. The number of carbonyl (C=O) groups is 1. The van der Waals surface area contributed by atoms with Crippen LogP contribution in [0.4, 0.5) is 0 Å². The molecule has 1 saturated carbocycles. The maximum Gasteiger partial charge on any atom is 0.226 e. The Labute approximate surface area is 146 Å². The van der Waals surface area contributed by atoms with Crippen LogP contribution in [0.5, 0.6) is 0 Å². The number of benzene rings is 1. The van der Waals surface area contributed by atoms with Crippen LogP contribution in [-0.4, -0.2) is 43.8 Å². The zero-order chi connectivity index (χ0) is 16.8. The summed E-state index contributed by atoms with van der Waals surface area (Å²) in [6.07, 6.45) is 1.88. The molecule has 1 aromatic rings. The lowest BCUT2D eigenvalue weighted by molar-refractivity contribution is -0.133. The van der Waals surface area contributed by atoms with Gasteiger partial charge in [0.25, 0.3) is 0 Å². The Morgan fingerprint density at radius 3 is 2.43 bits per heavy atom. The Balaban J connectivity index is 1.62. The topological polar surface area (TPSA) is 54.5 Å². The highest BCUT2D eigenvalue weighted by Gasteiger charge is 2.46. The van der Waals surface area contributed by atoms with Gasteiger partial charge in [-0.25, -0.2) is 8.42 Å².